The van der Waals surface area contributed by atoms with Crippen molar-refractivity contribution in [1.82, 2.24) is 5.32 Å². The maximum absolute atomic E-state index is 5.91. The molecule has 0 aliphatic heterocycles. The van der Waals surface area contributed by atoms with E-state index in [0.717, 1.165) is 31.9 Å². The second kappa shape index (κ2) is 9.06. The van der Waals surface area contributed by atoms with Crippen molar-refractivity contribution >= 4 is 0 Å². The van der Waals surface area contributed by atoms with E-state index in [1.165, 1.54) is 5.56 Å². The summed E-state index contributed by atoms with van der Waals surface area (Å²) < 4.78 is 11.4. The third-order valence-electron chi connectivity index (χ3n) is 3.18. The van der Waals surface area contributed by atoms with Gasteiger partial charge in [0.25, 0.3) is 0 Å². The first-order valence-corrected chi connectivity index (χ1v) is 7.96. The summed E-state index contributed by atoms with van der Waals surface area (Å²) in [5, 5.41) is 3.38. The van der Waals surface area contributed by atoms with Crippen LogP contribution in [0.15, 0.2) is 24.3 Å². The van der Waals surface area contributed by atoms with Crippen molar-refractivity contribution < 1.29 is 9.47 Å². The summed E-state index contributed by atoms with van der Waals surface area (Å²) in [6.07, 6.45) is 1.36. The summed E-state index contributed by atoms with van der Waals surface area (Å²) in [4.78, 5) is 0. The molecule has 0 bridgehead atoms. The molecule has 21 heavy (non-hydrogen) atoms. The summed E-state index contributed by atoms with van der Waals surface area (Å²) in [5.41, 5.74) is 1.37. The van der Waals surface area contributed by atoms with Gasteiger partial charge in [0.05, 0.1) is 6.10 Å². The Kier molecular flexibility index (Phi) is 7.76. The van der Waals surface area contributed by atoms with Crippen LogP contribution in [0, 0.1) is 0 Å². The van der Waals surface area contributed by atoms with Crippen molar-refractivity contribution in [3.05, 3.63) is 29.8 Å². The van der Waals surface area contributed by atoms with Crippen LogP contribution in [0.25, 0.3) is 0 Å². The van der Waals surface area contributed by atoms with Crippen LogP contribution in [-0.4, -0.2) is 32.4 Å². The van der Waals surface area contributed by atoms with Crippen molar-refractivity contribution in [2.75, 3.05) is 26.3 Å². The lowest BCUT2D eigenvalue weighted by Gasteiger charge is -2.22. The van der Waals surface area contributed by atoms with Crippen molar-refractivity contribution in [2.24, 2.45) is 0 Å². The van der Waals surface area contributed by atoms with E-state index in [1.807, 2.05) is 6.07 Å². The fraction of sp³-hybridized carbons (Fsp3) is 0.667. The smallest absolute Gasteiger partial charge is 0.123 e. The standard InChI is InChI=1S/C18H31NO2/c1-15(2)20-13-8-11-19-12-14-21-17-10-7-6-9-16(17)18(3,4)5/h6-7,9-10,15,19H,8,11-14H2,1-5H3. The first kappa shape index (κ1) is 18.0. The van der Waals surface area contributed by atoms with Gasteiger partial charge in [0.15, 0.2) is 0 Å². The molecular weight excluding hydrogens is 262 g/mol. The minimum atomic E-state index is 0.109. The van der Waals surface area contributed by atoms with E-state index in [2.05, 4.69) is 58.1 Å². The van der Waals surface area contributed by atoms with Crippen LogP contribution in [0.1, 0.15) is 46.6 Å². The average molecular weight is 293 g/mol. The number of benzene rings is 1. The van der Waals surface area contributed by atoms with Gasteiger partial charge in [-0.15, -0.1) is 0 Å². The van der Waals surface area contributed by atoms with Gasteiger partial charge in [-0.2, -0.15) is 0 Å². The van der Waals surface area contributed by atoms with Crippen molar-refractivity contribution in [2.45, 2.75) is 52.6 Å². The summed E-state index contributed by atoms with van der Waals surface area (Å²) in [5.74, 6) is 0.995. The van der Waals surface area contributed by atoms with Gasteiger partial charge in [-0.05, 0) is 43.9 Å². The van der Waals surface area contributed by atoms with E-state index in [1.54, 1.807) is 0 Å². The van der Waals surface area contributed by atoms with Gasteiger partial charge in [0.1, 0.15) is 12.4 Å². The Labute approximate surface area is 130 Å². The second-order valence-corrected chi connectivity index (χ2v) is 6.62. The van der Waals surface area contributed by atoms with Crippen LogP contribution >= 0.6 is 0 Å². The van der Waals surface area contributed by atoms with Crippen molar-refractivity contribution in [3.63, 3.8) is 0 Å². The number of hydrogen-bond acceptors (Lipinski definition) is 3. The highest BCUT2D eigenvalue weighted by Gasteiger charge is 2.17. The van der Waals surface area contributed by atoms with E-state index < -0.39 is 0 Å². The van der Waals surface area contributed by atoms with Crippen LogP contribution in [0.5, 0.6) is 5.75 Å². The fourth-order valence-electron chi connectivity index (χ4n) is 2.09. The zero-order valence-electron chi connectivity index (χ0n) is 14.2. The minimum Gasteiger partial charge on any atom is -0.492 e. The van der Waals surface area contributed by atoms with Gasteiger partial charge >= 0.3 is 0 Å². The van der Waals surface area contributed by atoms with Gasteiger partial charge < -0.3 is 14.8 Å². The molecule has 120 valence electrons. The normalized spacial score (nSPS) is 11.9. The van der Waals surface area contributed by atoms with Crippen LogP contribution in [0.4, 0.5) is 0 Å². The number of ether oxygens (including phenoxy) is 2. The molecule has 0 saturated heterocycles. The molecule has 0 aromatic heterocycles. The van der Waals surface area contributed by atoms with E-state index in [-0.39, 0.29) is 5.41 Å². The largest absolute Gasteiger partial charge is 0.492 e. The van der Waals surface area contributed by atoms with E-state index >= 15 is 0 Å². The maximum Gasteiger partial charge on any atom is 0.123 e. The Bertz CT molecular complexity index is 396. The Morgan fingerprint density at radius 2 is 1.76 bits per heavy atom. The topological polar surface area (TPSA) is 30.5 Å². The molecule has 0 atom stereocenters. The second-order valence-electron chi connectivity index (χ2n) is 6.62. The van der Waals surface area contributed by atoms with Crippen molar-refractivity contribution in [3.8, 4) is 5.75 Å². The number of nitrogens with one attached hydrogen (secondary N) is 1. The monoisotopic (exact) mass is 293 g/mol. The zero-order valence-corrected chi connectivity index (χ0v) is 14.2. The predicted molar refractivity (Wildman–Crippen MR) is 89.2 cm³/mol. The molecule has 0 heterocycles. The molecule has 3 nitrogen and oxygen atoms in total. The fourth-order valence-corrected chi connectivity index (χ4v) is 2.09. The van der Waals surface area contributed by atoms with E-state index in [4.69, 9.17) is 9.47 Å². The predicted octanol–water partition coefficient (Wildman–Crippen LogP) is 3.77. The lowest BCUT2D eigenvalue weighted by Crippen LogP contribution is -2.24. The van der Waals surface area contributed by atoms with Gasteiger partial charge in [-0.1, -0.05) is 39.0 Å². The molecule has 0 aliphatic rings. The molecule has 0 amide bonds. The van der Waals surface area contributed by atoms with E-state index in [0.29, 0.717) is 12.7 Å². The molecule has 1 aromatic rings. The number of rotatable bonds is 9. The molecule has 0 saturated carbocycles. The molecule has 0 radical (unpaired) electrons. The minimum absolute atomic E-state index is 0.109. The molecule has 1 aromatic carbocycles. The van der Waals surface area contributed by atoms with Crippen LogP contribution in [0.3, 0.4) is 0 Å². The highest BCUT2D eigenvalue weighted by Crippen LogP contribution is 2.30. The summed E-state index contributed by atoms with van der Waals surface area (Å²) in [7, 11) is 0. The third kappa shape index (κ3) is 7.49. The lowest BCUT2D eigenvalue weighted by molar-refractivity contribution is 0.0769. The molecule has 0 aliphatic carbocycles. The molecule has 0 spiro atoms. The first-order valence-electron chi connectivity index (χ1n) is 7.96. The summed E-state index contributed by atoms with van der Waals surface area (Å²) in [6, 6.07) is 8.30. The molecule has 0 unspecified atom stereocenters. The first-order chi connectivity index (χ1) is 9.91. The van der Waals surface area contributed by atoms with Crippen LogP contribution < -0.4 is 10.1 Å². The Balaban J connectivity index is 2.22. The SMILES string of the molecule is CC(C)OCCCNCCOc1ccccc1C(C)(C)C. The summed E-state index contributed by atoms with van der Waals surface area (Å²) >= 11 is 0. The molecule has 1 rings (SSSR count). The van der Waals surface area contributed by atoms with Gasteiger partial charge in [0.2, 0.25) is 0 Å². The quantitative estimate of drug-likeness (QED) is 0.703. The molecule has 0 fully saturated rings. The lowest BCUT2D eigenvalue weighted by atomic mass is 9.86. The van der Waals surface area contributed by atoms with Crippen LogP contribution in [0.2, 0.25) is 0 Å². The van der Waals surface area contributed by atoms with E-state index in [9.17, 15) is 0 Å². The zero-order chi connectivity index (χ0) is 15.7. The molecular formula is C18H31NO2. The maximum atomic E-state index is 5.91. The van der Waals surface area contributed by atoms with Crippen molar-refractivity contribution in [1.29, 1.82) is 0 Å². The number of hydrogen-bond donors (Lipinski definition) is 1. The highest BCUT2D eigenvalue weighted by atomic mass is 16.5. The Morgan fingerprint density at radius 3 is 2.43 bits per heavy atom. The van der Waals surface area contributed by atoms with Gasteiger partial charge in [-0.3, -0.25) is 0 Å². The highest BCUT2D eigenvalue weighted by molar-refractivity contribution is 5.38. The average Bonchev–Trinajstić information content (AvgIpc) is 2.41. The van der Waals surface area contributed by atoms with Crippen LogP contribution in [-0.2, 0) is 10.2 Å². The van der Waals surface area contributed by atoms with Gasteiger partial charge in [0, 0.05) is 13.2 Å². The third-order valence-corrected chi connectivity index (χ3v) is 3.18. The molecule has 1 N–H and O–H groups in total. The summed E-state index contributed by atoms with van der Waals surface area (Å²) in [6.45, 7) is 14.1. The van der Waals surface area contributed by atoms with Gasteiger partial charge in [-0.25, -0.2) is 0 Å². The number of para-hydroxylation sites is 1. The Morgan fingerprint density at radius 1 is 1.05 bits per heavy atom. The molecule has 3 heteroatoms. The Hall–Kier alpha value is -1.06.